The van der Waals surface area contributed by atoms with E-state index in [1.54, 1.807) is 24.3 Å². The summed E-state index contributed by atoms with van der Waals surface area (Å²) >= 11 is 0. The molecule has 0 spiro atoms. The second-order valence-electron chi connectivity index (χ2n) is 6.15. The van der Waals surface area contributed by atoms with Crippen molar-refractivity contribution in [3.8, 4) is 28.4 Å². The van der Waals surface area contributed by atoms with Crippen LogP contribution in [0.2, 0.25) is 0 Å². The number of benzene rings is 3. The van der Waals surface area contributed by atoms with Gasteiger partial charge >= 0.3 is 6.36 Å². The van der Waals surface area contributed by atoms with Crippen LogP contribution in [-0.4, -0.2) is 19.5 Å². The van der Waals surface area contributed by atoms with E-state index < -0.39 is 6.36 Å². The molecule has 0 heterocycles. The van der Waals surface area contributed by atoms with Crippen LogP contribution < -0.4 is 19.9 Å². The van der Waals surface area contributed by atoms with Crippen LogP contribution in [0.5, 0.6) is 17.2 Å². The van der Waals surface area contributed by atoms with Crippen molar-refractivity contribution in [2.75, 3.05) is 13.2 Å². The molecular weight excluding hydrogens is 419 g/mol. The number of hydrogen-bond acceptors (Lipinski definition) is 4. The quantitative estimate of drug-likeness (QED) is 0.497. The Morgan fingerprint density at radius 1 is 0.767 bits per heavy atom. The average Bonchev–Trinajstić information content (AvgIpc) is 2.70. The molecule has 0 aliphatic carbocycles. The molecule has 0 amide bonds. The van der Waals surface area contributed by atoms with Gasteiger partial charge in [-0.1, -0.05) is 48.5 Å². The van der Waals surface area contributed by atoms with Crippen molar-refractivity contribution in [2.45, 2.75) is 13.0 Å². The van der Waals surface area contributed by atoms with Crippen LogP contribution in [0.1, 0.15) is 5.56 Å². The zero-order chi connectivity index (χ0) is 20.7. The summed E-state index contributed by atoms with van der Waals surface area (Å²) < 4.78 is 53.1. The number of hydrogen-bond donors (Lipinski definition) is 1. The molecular formula is C22H21ClF3NO3. The van der Waals surface area contributed by atoms with Crippen LogP contribution in [0.4, 0.5) is 13.2 Å². The van der Waals surface area contributed by atoms with E-state index in [4.69, 9.17) is 15.2 Å². The van der Waals surface area contributed by atoms with Crippen molar-refractivity contribution in [1.29, 1.82) is 0 Å². The lowest BCUT2D eigenvalue weighted by Crippen LogP contribution is -2.17. The topological polar surface area (TPSA) is 53.7 Å². The maximum Gasteiger partial charge on any atom is 0.573 e. The lowest BCUT2D eigenvalue weighted by molar-refractivity contribution is -0.274. The molecule has 0 atom stereocenters. The van der Waals surface area contributed by atoms with Crippen LogP contribution in [0.15, 0.2) is 72.8 Å². The van der Waals surface area contributed by atoms with Crippen LogP contribution in [0.25, 0.3) is 11.1 Å². The van der Waals surface area contributed by atoms with Gasteiger partial charge in [0.2, 0.25) is 0 Å². The van der Waals surface area contributed by atoms with Crippen LogP contribution in [-0.2, 0) is 6.61 Å². The van der Waals surface area contributed by atoms with Gasteiger partial charge in [0.1, 0.15) is 19.0 Å². The minimum absolute atomic E-state index is 0. The summed E-state index contributed by atoms with van der Waals surface area (Å²) in [4.78, 5) is 0. The van der Waals surface area contributed by atoms with Gasteiger partial charge in [-0.2, -0.15) is 0 Å². The van der Waals surface area contributed by atoms with Crippen molar-refractivity contribution < 1.29 is 27.4 Å². The predicted molar refractivity (Wildman–Crippen MR) is 111 cm³/mol. The van der Waals surface area contributed by atoms with Crippen LogP contribution in [0.3, 0.4) is 0 Å². The first-order valence-electron chi connectivity index (χ1n) is 8.94. The highest BCUT2D eigenvalue weighted by atomic mass is 35.5. The molecule has 3 aromatic rings. The molecule has 8 heteroatoms. The maximum absolute atomic E-state index is 12.5. The fourth-order valence-electron chi connectivity index (χ4n) is 2.70. The Kier molecular flexibility index (Phi) is 8.38. The molecule has 0 unspecified atom stereocenters. The van der Waals surface area contributed by atoms with E-state index in [-0.39, 0.29) is 18.2 Å². The Balaban J connectivity index is 0.00000320. The fourth-order valence-corrected chi connectivity index (χ4v) is 2.70. The Morgan fingerprint density at radius 2 is 1.50 bits per heavy atom. The summed E-state index contributed by atoms with van der Waals surface area (Å²) in [5, 5.41) is 0. The monoisotopic (exact) mass is 439 g/mol. The summed E-state index contributed by atoms with van der Waals surface area (Å²) in [6.07, 6.45) is -4.75. The third-order valence-electron chi connectivity index (χ3n) is 3.96. The van der Waals surface area contributed by atoms with Gasteiger partial charge in [-0.3, -0.25) is 0 Å². The maximum atomic E-state index is 12.5. The van der Waals surface area contributed by atoms with Crippen molar-refractivity contribution >= 4 is 12.4 Å². The molecule has 0 radical (unpaired) electrons. The van der Waals surface area contributed by atoms with E-state index in [0.29, 0.717) is 42.4 Å². The number of ether oxygens (including phenoxy) is 3. The molecule has 0 fully saturated rings. The third-order valence-corrected chi connectivity index (χ3v) is 3.96. The first kappa shape index (κ1) is 23.4. The Labute approximate surface area is 178 Å². The normalized spacial score (nSPS) is 10.8. The zero-order valence-electron chi connectivity index (χ0n) is 15.9. The first-order valence-corrected chi connectivity index (χ1v) is 8.94. The van der Waals surface area contributed by atoms with Crippen molar-refractivity contribution in [3.63, 3.8) is 0 Å². The second kappa shape index (κ2) is 10.8. The van der Waals surface area contributed by atoms with E-state index in [9.17, 15) is 13.2 Å². The zero-order valence-corrected chi connectivity index (χ0v) is 16.7. The minimum atomic E-state index is -4.75. The summed E-state index contributed by atoms with van der Waals surface area (Å²) in [5.41, 5.74) is 7.71. The van der Waals surface area contributed by atoms with E-state index in [2.05, 4.69) is 4.74 Å². The standard InChI is InChI=1S/C22H20F3NO3.ClH/c23-22(24,25)29-19-8-4-7-17(13-19)18-9-10-20(27-12-11-26)21(14-18)28-15-16-5-2-1-3-6-16;/h1-10,13-14H,11-12,15,26H2;1H. The van der Waals surface area contributed by atoms with Gasteiger partial charge in [0.25, 0.3) is 0 Å². The number of rotatable bonds is 8. The molecule has 0 bridgehead atoms. The summed E-state index contributed by atoms with van der Waals surface area (Å²) in [5.74, 6) is 0.699. The highest BCUT2D eigenvalue weighted by Crippen LogP contribution is 2.35. The Hall–Kier alpha value is -2.90. The lowest BCUT2D eigenvalue weighted by Gasteiger charge is -2.15. The molecule has 0 saturated heterocycles. The molecule has 4 nitrogen and oxygen atoms in total. The highest BCUT2D eigenvalue weighted by molar-refractivity contribution is 5.85. The van der Waals surface area contributed by atoms with Crippen molar-refractivity contribution in [3.05, 3.63) is 78.4 Å². The van der Waals surface area contributed by atoms with Crippen molar-refractivity contribution in [2.24, 2.45) is 5.73 Å². The summed E-state index contributed by atoms with van der Waals surface area (Å²) in [6.45, 7) is 0.979. The largest absolute Gasteiger partial charge is 0.573 e. The number of halogens is 4. The first-order chi connectivity index (χ1) is 13.9. The van der Waals surface area contributed by atoms with Gasteiger partial charge in [-0.15, -0.1) is 25.6 Å². The molecule has 0 aliphatic heterocycles. The van der Waals surface area contributed by atoms with E-state index in [1.807, 2.05) is 30.3 Å². The van der Waals surface area contributed by atoms with Crippen LogP contribution >= 0.6 is 12.4 Å². The van der Waals surface area contributed by atoms with E-state index >= 15 is 0 Å². The molecule has 0 saturated carbocycles. The Bertz CT molecular complexity index is 936. The van der Waals surface area contributed by atoms with Gasteiger partial charge in [-0.05, 0) is 41.0 Å². The summed E-state index contributed by atoms with van der Waals surface area (Å²) in [6, 6.07) is 20.5. The van der Waals surface area contributed by atoms with Gasteiger partial charge in [0, 0.05) is 6.54 Å². The molecule has 3 aromatic carbocycles. The molecule has 0 aromatic heterocycles. The molecule has 0 aliphatic rings. The van der Waals surface area contributed by atoms with Crippen molar-refractivity contribution in [1.82, 2.24) is 0 Å². The molecule has 3 rings (SSSR count). The molecule has 30 heavy (non-hydrogen) atoms. The SMILES string of the molecule is Cl.NCCOc1ccc(-c2cccc(OC(F)(F)F)c2)cc1OCc1ccccc1. The number of alkyl halides is 3. The van der Waals surface area contributed by atoms with Crippen LogP contribution in [0, 0.1) is 0 Å². The smallest absolute Gasteiger partial charge is 0.488 e. The fraction of sp³-hybridized carbons (Fsp3) is 0.182. The van der Waals surface area contributed by atoms with E-state index in [1.165, 1.54) is 18.2 Å². The minimum Gasteiger partial charge on any atom is -0.488 e. The molecule has 160 valence electrons. The third kappa shape index (κ3) is 6.86. The second-order valence-corrected chi connectivity index (χ2v) is 6.15. The highest BCUT2D eigenvalue weighted by Gasteiger charge is 2.31. The average molecular weight is 440 g/mol. The van der Waals surface area contributed by atoms with Gasteiger partial charge in [0.15, 0.2) is 11.5 Å². The number of nitrogens with two attached hydrogens (primary N) is 1. The van der Waals surface area contributed by atoms with Gasteiger partial charge in [-0.25, -0.2) is 0 Å². The Morgan fingerprint density at radius 3 is 2.20 bits per heavy atom. The molecule has 2 N–H and O–H groups in total. The van der Waals surface area contributed by atoms with E-state index in [0.717, 1.165) is 5.56 Å². The van der Waals surface area contributed by atoms with Gasteiger partial charge in [0.05, 0.1) is 0 Å². The lowest BCUT2D eigenvalue weighted by atomic mass is 10.0. The predicted octanol–water partition coefficient (Wildman–Crippen LogP) is 5.59. The summed E-state index contributed by atoms with van der Waals surface area (Å²) in [7, 11) is 0. The van der Waals surface area contributed by atoms with Gasteiger partial charge < -0.3 is 19.9 Å².